The van der Waals surface area contributed by atoms with Crippen molar-refractivity contribution < 1.29 is 4.79 Å². The lowest BCUT2D eigenvalue weighted by Crippen LogP contribution is -2.20. The molecule has 0 spiro atoms. The molecule has 0 saturated heterocycles. The summed E-state index contributed by atoms with van der Waals surface area (Å²) in [6.45, 7) is 0. The molecule has 0 aliphatic rings. The molecule has 0 aliphatic carbocycles. The fourth-order valence-corrected chi connectivity index (χ4v) is 0.864. The highest BCUT2D eigenvalue weighted by Crippen LogP contribution is 2.05. The lowest BCUT2D eigenvalue weighted by Gasteiger charge is -2.12. The Morgan fingerprint density at radius 2 is 2.23 bits per heavy atom. The van der Waals surface area contributed by atoms with Gasteiger partial charge in [-0.25, -0.2) is 9.99 Å². The van der Waals surface area contributed by atoms with Crippen LogP contribution in [0.5, 0.6) is 0 Å². The molecule has 0 saturated carbocycles. The summed E-state index contributed by atoms with van der Waals surface area (Å²) in [5.74, 6) is -0.517. The Hall–Kier alpha value is -1.62. The van der Waals surface area contributed by atoms with Crippen molar-refractivity contribution in [3.8, 4) is 0 Å². The number of amides is 1. The summed E-state index contributed by atoms with van der Waals surface area (Å²) in [7, 11) is 3.73. The summed E-state index contributed by atoms with van der Waals surface area (Å²) < 4.78 is 0. The van der Waals surface area contributed by atoms with Crippen molar-refractivity contribution in [1.82, 2.24) is 9.99 Å². The van der Waals surface area contributed by atoms with E-state index in [1.165, 1.54) is 0 Å². The third-order valence-corrected chi connectivity index (χ3v) is 1.37. The molecule has 13 heavy (non-hydrogen) atoms. The zero-order chi connectivity index (χ0) is 9.84. The number of nitrogens with two attached hydrogens (primary N) is 1. The molecular weight excluding hydrogens is 168 g/mol. The first-order valence-corrected chi connectivity index (χ1v) is 3.79. The van der Waals surface area contributed by atoms with Gasteiger partial charge < -0.3 is 11.2 Å². The second kappa shape index (κ2) is 3.86. The van der Waals surface area contributed by atoms with Crippen LogP contribution >= 0.6 is 0 Å². The number of hydrazine groups is 1. The Morgan fingerprint density at radius 3 is 2.62 bits per heavy atom. The normalized spacial score (nSPS) is 10.1. The molecule has 1 rings (SSSR count). The van der Waals surface area contributed by atoms with E-state index < -0.39 is 5.91 Å². The van der Waals surface area contributed by atoms with E-state index in [1.807, 2.05) is 14.1 Å². The zero-order valence-electron chi connectivity index (χ0n) is 7.61. The van der Waals surface area contributed by atoms with E-state index in [2.05, 4.69) is 10.4 Å². The highest BCUT2D eigenvalue weighted by Gasteiger charge is 2.00. The van der Waals surface area contributed by atoms with Gasteiger partial charge in [0.15, 0.2) is 0 Å². The maximum atomic E-state index is 10.7. The second-order valence-electron chi connectivity index (χ2n) is 2.80. The van der Waals surface area contributed by atoms with Crippen molar-refractivity contribution in [2.24, 2.45) is 5.73 Å². The molecule has 1 amide bonds. The molecule has 0 radical (unpaired) electrons. The number of rotatable bonds is 3. The van der Waals surface area contributed by atoms with Crippen molar-refractivity contribution >= 4 is 11.6 Å². The van der Waals surface area contributed by atoms with E-state index in [1.54, 1.807) is 23.3 Å². The summed E-state index contributed by atoms with van der Waals surface area (Å²) in [5.41, 5.74) is 9.11. The van der Waals surface area contributed by atoms with Crippen LogP contribution in [0.3, 0.4) is 0 Å². The van der Waals surface area contributed by atoms with E-state index in [4.69, 9.17) is 5.73 Å². The van der Waals surface area contributed by atoms with Gasteiger partial charge in [0.05, 0.1) is 11.9 Å². The van der Waals surface area contributed by atoms with E-state index in [0.29, 0.717) is 0 Å². The average Bonchev–Trinajstić information content (AvgIpc) is 2.04. The molecule has 0 unspecified atom stereocenters. The molecule has 0 fully saturated rings. The van der Waals surface area contributed by atoms with Gasteiger partial charge in [0.2, 0.25) is 0 Å². The first-order valence-electron chi connectivity index (χ1n) is 3.79. The minimum absolute atomic E-state index is 0.268. The van der Waals surface area contributed by atoms with Crippen molar-refractivity contribution in [3.63, 3.8) is 0 Å². The predicted molar refractivity (Wildman–Crippen MR) is 50.1 cm³/mol. The number of hydrogen-bond donors (Lipinski definition) is 2. The van der Waals surface area contributed by atoms with E-state index >= 15 is 0 Å². The Balaban J connectivity index is 2.75. The number of anilines is 1. The molecule has 70 valence electrons. The van der Waals surface area contributed by atoms with Crippen molar-refractivity contribution in [2.45, 2.75) is 0 Å². The topological polar surface area (TPSA) is 71.2 Å². The minimum Gasteiger partial charge on any atom is -0.364 e. The summed E-state index contributed by atoms with van der Waals surface area (Å²) in [6, 6.07) is 3.32. The smallest absolute Gasteiger partial charge is 0.267 e. The molecule has 5 heteroatoms. The van der Waals surface area contributed by atoms with Crippen LogP contribution in [-0.2, 0) is 0 Å². The predicted octanol–water partition coefficient (Wildman–Crippen LogP) is 0.0690. The van der Waals surface area contributed by atoms with Gasteiger partial charge in [0, 0.05) is 14.1 Å². The maximum absolute atomic E-state index is 10.7. The summed E-state index contributed by atoms with van der Waals surface area (Å²) >= 11 is 0. The number of carbonyl (C=O) groups excluding carboxylic acids is 1. The van der Waals surface area contributed by atoms with Crippen LogP contribution in [-0.4, -0.2) is 30.0 Å². The van der Waals surface area contributed by atoms with Gasteiger partial charge in [-0.3, -0.25) is 4.79 Å². The lowest BCUT2D eigenvalue weighted by molar-refractivity contribution is 0.0995. The number of nitrogens with zero attached hydrogens (tertiary/aromatic N) is 2. The van der Waals surface area contributed by atoms with Crippen LogP contribution < -0.4 is 11.2 Å². The van der Waals surface area contributed by atoms with Gasteiger partial charge in [-0.05, 0) is 12.1 Å². The summed E-state index contributed by atoms with van der Waals surface area (Å²) in [6.07, 6.45) is 1.56. The van der Waals surface area contributed by atoms with Gasteiger partial charge in [-0.2, -0.15) is 0 Å². The van der Waals surface area contributed by atoms with E-state index in [0.717, 1.165) is 5.69 Å². The van der Waals surface area contributed by atoms with Crippen molar-refractivity contribution in [1.29, 1.82) is 0 Å². The minimum atomic E-state index is -0.517. The van der Waals surface area contributed by atoms with E-state index in [9.17, 15) is 4.79 Å². The Labute approximate surface area is 76.5 Å². The highest BCUT2D eigenvalue weighted by atomic mass is 16.1. The molecule has 0 bridgehead atoms. The van der Waals surface area contributed by atoms with Crippen molar-refractivity contribution in [3.05, 3.63) is 24.0 Å². The van der Waals surface area contributed by atoms with Crippen LogP contribution in [0.25, 0.3) is 0 Å². The molecule has 1 aromatic heterocycles. The van der Waals surface area contributed by atoms with Crippen LogP contribution in [0.15, 0.2) is 18.3 Å². The number of hydrogen-bond acceptors (Lipinski definition) is 4. The molecule has 0 aliphatic heterocycles. The number of carbonyl (C=O) groups is 1. The summed E-state index contributed by atoms with van der Waals surface area (Å²) in [4.78, 5) is 14.5. The number of primary amides is 1. The van der Waals surface area contributed by atoms with Gasteiger partial charge in [-0.1, -0.05) is 0 Å². The molecule has 5 nitrogen and oxygen atoms in total. The van der Waals surface area contributed by atoms with Crippen LogP contribution in [0.2, 0.25) is 0 Å². The van der Waals surface area contributed by atoms with E-state index in [-0.39, 0.29) is 5.69 Å². The fraction of sp³-hybridized carbons (Fsp3) is 0.250. The van der Waals surface area contributed by atoms with Crippen molar-refractivity contribution in [2.75, 3.05) is 19.5 Å². The molecule has 3 N–H and O–H groups in total. The van der Waals surface area contributed by atoms with Crippen LogP contribution in [0.1, 0.15) is 10.5 Å². The SMILES string of the molecule is CN(C)Nc1ccc(C(N)=O)nc1. The molecular formula is C8H12N4O. The van der Waals surface area contributed by atoms with Gasteiger partial charge in [-0.15, -0.1) is 0 Å². The van der Waals surface area contributed by atoms with Crippen LogP contribution in [0.4, 0.5) is 5.69 Å². The molecule has 0 atom stereocenters. The first kappa shape index (κ1) is 9.47. The Bertz CT molecular complexity index is 294. The zero-order valence-corrected chi connectivity index (χ0v) is 7.61. The Kier molecular flexibility index (Phi) is 2.81. The maximum Gasteiger partial charge on any atom is 0.267 e. The highest BCUT2D eigenvalue weighted by molar-refractivity contribution is 5.90. The number of nitrogens with one attached hydrogen (secondary N) is 1. The molecule has 0 aromatic carbocycles. The lowest BCUT2D eigenvalue weighted by atomic mass is 10.3. The largest absolute Gasteiger partial charge is 0.364 e. The van der Waals surface area contributed by atoms with Crippen LogP contribution in [0, 0.1) is 0 Å². The van der Waals surface area contributed by atoms with Gasteiger partial charge in [0.25, 0.3) is 5.91 Å². The Morgan fingerprint density at radius 1 is 1.54 bits per heavy atom. The first-order chi connectivity index (χ1) is 6.09. The second-order valence-corrected chi connectivity index (χ2v) is 2.80. The monoisotopic (exact) mass is 180 g/mol. The quantitative estimate of drug-likeness (QED) is 0.646. The summed E-state index contributed by atoms with van der Waals surface area (Å²) in [5, 5.41) is 1.78. The third kappa shape index (κ3) is 2.72. The fourth-order valence-electron chi connectivity index (χ4n) is 0.864. The van der Waals surface area contributed by atoms with Gasteiger partial charge in [0.1, 0.15) is 5.69 Å². The van der Waals surface area contributed by atoms with Gasteiger partial charge >= 0.3 is 0 Å². The average molecular weight is 180 g/mol. The molecule has 1 heterocycles. The number of aromatic nitrogens is 1. The third-order valence-electron chi connectivity index (χ3n) is 1.37. The number of pyridine rings is 1. The molecule has 1 aromatic rings. The standard InChI is InChI=1S/C8H12N4O/c1-12(2)11-6-3-4-7(8(9)13)10-5-6/h3-5,11H,1-2H3,(H2,9,13).